The fourth-order valence-corrected chi connectivity index (χ4v) is 2.69. The van der Waals surface area contributed by atoms with Crippen LogP contribution in [0.3, 0.4) is 0 Å². The summed E-state index contributed by atoms with van der Waals surface area (Å²) in [5.74, 6) is -3.53. The fraction of sp³-hybridized carbons (Fsp3) is 0.400. The molecule has 0 unspecified atom stereocenters. The molecule has 0 radical (unpaired) electrons. The molecule has 0 saturated heterocycles. The molecule has 0 fully saturated rings. The van der Waals surface area contributed by atoms with Crippen molar-refractivity contribution < 1.29 is 38.8 Å². The number of hydrogen-bond donors (Lipinski definition) is 1. The summed E-state index contributed by atoms with van der Waals surface area (Å²) in [4.78, 5) is 12.6. The van der Waals surface area contributed by atoms with E-state index in [1.54, 1.807) is 0 Å². The second kappa shape index (κ2) is 7.31. The van der Waals surface area contributed by atoms with Gasteiger partial charge in [0.05, 0.1) is 29.7 Å². The van der Waals surface area contributed by atoms with Crippen molar-refractivity contribution >= 4 is 33.3 Å². The molecule has 1 aromatic carbocycles. The lowest BCUT2D eigenvalue weighted by atomic mass is 9.99. The van der Waals surface area contributed by atoms with Crippen molar-refractivity contribution in [3.05, 3.63) is 40.6 Å². The minimum Gasteiger partial charge on any atom is -0.463 e. The Hall–Kier alpha value is -1.60. The number of nitrogens with one attached hydrogen (secondary N) is 1. The van der Waals surface area contributed by atoms with Gasteiger partial charge in [0.25, 0.3) is 0 Å². The number of carbonyl (C=O) groups is 1. The van der Waals surface area contributed by atoms with Crippen molar-refractivity contribution in [2.24, 2.45) is 0 Å². The molecule has 1 aliphatic carbocycles. The van der Waals surface area contributed by atoms with Crippen LogP contribution in [0.15, 0.2) is 29.8 Å². The van der Waals surface area contributed by atoms with Gasteiger partial charge < -0.3 is 4.74 Å². The van der Waals surface area contributed by atoms with E-state index in [0.717, 1.165) is 0 Å². The number of rotatable bonds is 5. The van der Waals surface area contributed by atoms with Crippen LogP contribution in [0.1, 0.15) is 41.1 Å². The van der Waals surface area contributed by atoms with Crippen LogP contribution >= 0.6 is 11.6 Å². The van der Waals surface area contributed by atoms with Crippen LogP contribution in [0.5, 0.6) is 0 Å². The Kier molecular flexibility index (Phi) is 2.39. The van der Waals surface area contributed by atoms with E-state index in [1.165, 1.54) is 6.92 Å². The monoisotopic (exact) mass is 373 g/mol. The number of ether oxygens (including phenoxy) is 1. The Morgan fingerprint density at radius 1 is 1.70 bits per heavy atom. The molecule has 0 spiro atoms. The van der Waals surface area contributed by atoms with Crippen molar-refractivity contribution in [2.45, 2.75) is 31.3 Å². The first kappa shape index (κ1) is 7.53. The molecule has 0 aromatic heterocycles. The van der Waals surface area contributed by atoms with E-state index in [-0.39, 0.29) is 0 Å². The summed E-state index contributed by atoms with van der Waals surface area (Å²) in [6.45, 7) is 0.695. The predicted molar refractivity (Wildman–Crippen MR) is 86.3 cm³/mol. The smallest absolute Gasteiger partial charge is 0.335 e. The van der Waals surface area contributed by atoms with E-state index in [9.17, 15) is 17.6 Å². The summed E-state index contributed by atoms with van der Waals surface area (Å²) in [7, 11) is -6.17. The van der Waals surface area contributed by atoms with Gasteiger partial charge in [0.2, 0.25) is 10.0 Å². The molecule has 8 heteroatoms. The summed E-state index contributed by atoms with van der Waals surface area (Å²) in [5, 5.41) is -5.51. The van der Waals surface area contributed by atoms with Crippen LogP contribution in [0.4, 0.5) is 10.1 Å². The largest absolute Gasteiger partial charge is 0.463 e. The van der Waals surface area contributed by atoms with Crippen LogP contribution in [0, 0.1) is 5.82 Å². The number of sulfonamides is 1. The third-order valence-corrected chi connectivity index (χ3v) is 3.84. The van der Waals surface area contributed by atoms with Gasteiger partial charge in [-0.1, -0.05) is 17.7 Å². The molecule has 0 aliphatic heterocycles. The number of benzene rings is 1. The highest BCUT2D eigenvalue weighted by atomic mass is 35.5. The minimum absolute atomic E-state index is 0.514. The molecule has 1 aliphatic rings. The number of halogens is 2. The second-order valence-corrected chi connectivity index (χ2v) is 5.76. The zero-order valence-electron chi connectivity index (χ0n) is 23.5. The Morgan fingerprint density at radius 3 is 3.13 bits per heavy atom. The van der Waals surface area contributed by atoms with Crippen LogP contribution in [-0.4, -0.2) is 26.2 Å². The SMILES string of the molecule is [2H]C1=C(C(=O)OCC)[C@]([2H])(S(=O)(=O)N([2H])c2c([2H])c([2H])c(F)c([2H])c2Cl)C([2H])([2H])C([2H])([2H])C1([2H])[2H]. The van der Waals surface area contributed by atoms with E-state index in [4.69, 9.17) is 28.1 Å². The van der Waals surface area contributed by atoms with Crippen molar-refractivity contribution in [3.8, 4) is 0 Å². The summed E-state index contributed by atoms with van der Waals surface area (Å²) in [6.07, 6.45) is -11.8. The van der Waals surface area contributed by atoms with E-state index in [2.05, 4.69) is 4.74 Å². The van der Waals surface area contributed by atoms with Gasteiger partial charge in [0.15, 0.2) is 1.41 Å². The lowest BCUT2D eigenvalue weighted by Gasteiger charge is -2.24. The molecular formula is C15H17ClFNO4S. The van der Waals surface area contributed by atoms with Gasteiger partial charge in [-0.3, -0.25) is 4.72 Å². The first-order chi connectivity index (χ1) is 15.6. The quantitative estimate of drug-likeness (QED) is 0.804. The van der Waals surface area contributed by atoms with Gasteiger partial charge in [-0.15, -0.1) is 0 Å². The van der Waals surface area contributed by atoms with Gasteiger partial charge in [-0.25, -0.2) is 17.6 Å². The van der Waals surface area contributed by atoms with E-state index in [0.29, 0.717) is 0 Å². The van der Waals surface area contributed by atoms with Crippen LogP contribution in [-0.2, 0) is 19.6 Å². The van der Waals surface area contributed by atoms with Crippen LogP contribution < -0.4 is 4.72 Å². The molecule has 126 valence electrons. The van der Waals surface area contributed by atoms with Gasteiger partial charge in [0, 0.05) is 8.22 Å². The number of esters is 1. The third-order valence-electron chi connectivity index (χ3n) is 2.32. The van der Waals surface area contributed by atoms with E-state index in [1.807, 2.05) is 0 Å². The van der Waals surface area contributed by atoms with Crippen molar-refractivity contribution in [1.29, 1.82) is 0 Å². The molecule has 0 amide bonds. The average Bonchev–Trinajstić information content (AvgIpc) is 2.75. The molecule has 0 bridgehead atoms. The standard InChI is InChI=1S/C15H17ClFNO4S/c1-2-22-15(19)11-5-3-4-6-14(11)23(20,21)18-13-8-7-10(17)9-12(13)16/h5,7-9,14,18H,2-4,6H2,1H3/t14-/m1/s1/i3D2,4D2,5D,6D2,7D,8D,9D,14D/hD. The molecule has 2 rings (SSSR count). The second-order valence-electron chi connectivity index (χ2n) is 3.84. The summed E-state index contributed by atoms with van der Waals surface area (Å²) < 4.78 is 140. The Balaban J connectivity index is 3.07. The Morgan fingerprint density at radius 2 is 2.43 bits per heavy atom. The highest BCUT2D eigenvalue weighted by Gasteiger charge is 2.35. The number of anilines is 1. The third kappa shape index (κ3) is 4.23. The van der Waals surface area contributed by atoms with Crippen molar-refractivity contribution in [1.82, 2.24) is 0 Å². The number of carbonyl (C=O) groups excluding carboxylic acids is 1. The van der Waals surface area contributed by atoms with Gasteiger partial charge in [-0.05, 0) is 44.2 Å². The molecule has 23 heavy (non-hydrogen) atoms. The van der Waals surface area contributed by atoms with Crippen molar-refractivity contribution in [2.75, 3.05) is 11.3 Å². The van der Waals surface area contributed by atoms with E-state index < -0.39 is 97.9 Å². The van der Waals surface area contributed by atoms with E-state index >= 15 is 0 Å². The maximum atomic E-state index is 13.9. The zero-order chi connectivity index (χ0) is 27.7. The van der Waals surface area contributed by atoms with Gasteiger partial charge >= 0.3 is 5.97 Å². The van der Waals surface area contributed by atoms with Crippen molar-refractivity contribution in [3.63, 3.8) is 0 Å². The van der Waals surface area contributed by atoms with Crippen LogP contribution in [0.2, 0.25) is 6.43 Å². The number of hydrogen-bond acceptors (Lipinski definition) is 4. The highest BCUT2D eigenvalue weighted by molar-refractivity contribution is 7.93. The van der Waals surface area contributed by atoms with Gasteiger partial charge in [-0.2, -0.15) is 0 Å². The Bertz CT molecular complexity index is 1210. The first-order valence-corrected chi connectivity index (χ1v) is 7.79. The summed E-state index contributed by atoms with van der Waals surface area (Å²) in [6, 6.07) is -5.84. The normalized spacial score (nSPS) is 36.0. The summed E-state index contributed by atoms with van der Waals surface area (Å²) in [5.41, 5.74) is -3.18. The molecule has 1 atom stereocenters. The molecular weight excluding hydrogens is 345 g/mol. The molecule has 1 N–H and O–H groups in total. The molecule has 5 nitrogen and oxygen atoms in total. The number of allylic oxidation sites excluding steroid dienone is 1. The summed E-state index contributed by atoms with van der Waals surface area (Å²) >= 11 is 5.72. The van der Waals surface area contributed by atoms with Crippen LogP contribution in [0.25, 0.3) is 0 Å². The maximum absolute atomic E-state index is 13.9. The molecule has 0 saturated carbocycles. The fourth-order valence-electron chi connectivity index (χ4n) is 1.43. The molecule has 1 aromatic rings. The van der Waals surface area contributed by atoms with Gasteiger partial charge in [0.1, 0.15) is 11.0 Å². The first-order valence-electron chi connectivity index (χ1n) is 11.9. The zero-order valence-corrected chi connectivity index (χ0v) is 13.0. The average molecular weight is 374 g/mol. The Labute approximate surface area is 156 Å². The lowest BCUT2D eigenvalue weighted by Crippen LogP contribution is -2.34. The maximum Gasteiger partial charge on any atom is 0.335 e. The lowest BCUT2D eigenvalue weighted by molar-refractivity contribution is -0.138. The highest BCUT2D eigenvalue weighted by Crippen LogP contribution is 2.30. The predicted octanol–water partition coefficient (Wildman–Crippen LogP) is 3.26. The minimum atomic E-state index is -6.17. The topological polar surface area (TPSA) is 72.5 Å². The molecule has 0 heterocycles.